The normalized spacial score (nSPS) is 13.4. The van der Waals surface area contributed by atoms with Crippen LogP contribution in [0.15, 0.2) is 211 Å². The number of pyridine rings is 3. The number of hydrogen-bond acceptors (Lipinski definition) is 14. The first-order valence-corrected chi connectivity index (χ1v) is 44.6. The summed E-state index contributed by atoms with van der Waals surface area (Å²) >= 11 is 1.71. The Morgan fingerprint density at radius 2 is 1.03 bits per heavy atom. The largest absolute Gasteiger partial charge is 0.453 e. The molecule has 3 aliphatic heterocycles. The summed E-state index contributed by atoms with van der Waals surface area (Å²) < 4.78 is 13.1. The van der Waals surface area contributed by atoms with Crippen molar-refractivity contribution in [3.8, 4) is 0 Å². The summed E-state index contributed by atoms with van der Waals surface area (Å²) in [5, 5.41) is 35.2. The number of amides is 2. The summed E-state index contributed by atoms with van der Waals surface area (Å²) in [5.74, 6) is 0.949. The fourth-order valence-corrected chi connectivity index (χ4v) is 15.0. The number of benzene rings is 7. The Balaban J connectivity index is 0.000000147. The van der Waals surface area contributed by atoms with Gasteiger partial charge >= 0.3 is 6.09 Å². The van der Waals surface area contributed by atoms with E-state index in [4.69, 9.17) is 9.26 Å². The highest BCUT2D eigenvalue weighted by atomic mass is 32.1. The number of methoxy groups -OCH3 is 1. The maximum absolute atomic E-state index is 11.5. The number of ether oxygens (including phenoxy) is 1. The smallest absolute Gasteiger partial charge is 0.409 e. The van der Waals surface area contributed by atoms with Gasteiger partial charge in [-0.15, -0.1) is 11.3 Å². The minimum absolute atomic E-state index is 0.0199. The number of nitrogens with zero attached hydrogens (tertiary/aromatic N) is 10. The minimum atomic E-state index is -0.236. The first-order valence-electron chi connectivity index (χ1n) is 43.7. The average molecular weight is 1700 g/mol. The van der Waals surface area contributed by atoms with E-state index in [-0.39, 0.29) is 60.7 Å². The molecule has 19 heteroatoms. The zero-order chi connectivity index (χ0) is 91.4. The van der Waals surface area contributed by atoms with Gasteiger partial charge < -0.3 is 24.8 Å². The zero-order valence-electron chi connectivity index (χ0n) is 79.6. The van der Waals surface area contributed by atoms with Gasteiger partial charge in [0, 0.05) is 105 Å². The van der Waals surface area contributed by atoms with Crippen LogP contribution in [-0.4, -0.2) is 92.2 Å². The molecule has 125 heavy (non-hydrogen) atoms. The Hall–Kier alpha value is -11.3. The molecule has 0 aliphatic carbocycles. The third kappa shape index (κ3) is 26.0. The van der Waals surface area contributed by atoms with Crippen LogP contribution in [0.3, 0.4) is 0 Å². The van der Waals surface area contributed by atoms with Crippen molar-refractivity contribution in [3.05, 3.63) is 290 Å². The zero-order valence-corrected chi connectivity index (χ0v) is 80.4. The van der Waals surface area contributed by atoms with E-state index in [1.165, 1.54) is 90.2 Å². The quantitative estimate of drug-likeness (QED) is 0.111. The molecule has 3 aliphatic rings. The van der Waals surface area contributed by atoms with E-state index in [1.807, 2.05) is 109 Å². The number of aromatic nitrogens is 11. The van der Waals surface area contributed by atoms with E-state index in [9.17, 15) is 9.59 Å². The maximum atomic E-state index is 11.5. The van der Waals surface area contributed by atoms with Crippen LogP contribution < -0.4 is 10.6 Å². The summed E-state index contributed by atoms with van der Waals surface area (Å²) in [7, 11) is 1.43. The molecule has 0 bridgehead atoms. The van der Waals surface area contributed by atoms with Gasteiger partial charge in [-0.05, 0) is 174 Å². The lowest BCUT2D eigenvalue weighted by Gasteiger charge is -2.29. The lowest BCUT2D eigenvalue weighted by Crippen LogP contribution is -2.36. The van der Waals surface area contributed by atoms with Crippen molar-refractivity contribution in [2.45, 2.75) is 268 Å². The molecule has 0 saturated heterocycles. The highest BCUT2D eigenvalue weighted by Crippen LogP contribution is 2.35. The minimum Gasteiger partial charge on any atom is -0.453 e. The van der Waals surface area contributed by atoms with Gasteiger partial charge in [0.25, 0.3) is 5.91 Å². The molecule has 0 spiro atoms. The van der Waals surface area contributed by atoms with Crippen LogP contribution in [0.4, 0.5) is 4.79 Å². The second kappa shape index (κ2) is 39.5. The second-order valence-corrected chi connectivity index (χ2v) is 42.8. The number of H-pyrrole nitrogens is 2. The monoisotopic (exact) mass is 1700 g/mol. The standard InChI is InChI=1S/C15H21NO2.C13H19N.C13H15N.C12H15NO.C11H14N2.C11H13NO.C11H13NS.2C10H13N3/c1-15(2,3)13-6-5-12-10-16(14(17)18-4)8-7-11(12)9-13;2*1-13(2,3)12-5-4-11-9-14-7-6-10(11)8-12;1-12(2,3)9-5-4-8-7-13-11(14)10(8)6-9;1-11(2,3)10-8-6-4-5-7-9(8)12-13-10;1-11(2,3)10-8-6-4-5-7-9(8)13-12-10;1-11(2,3)8-4-5-9-10(6-8)13-7-12-9;1-10(2,3)8-7-5-4-6-11-9(7)13-12-8;1-10(2,3)9-11-8-6-4-5-7-13(8)12-9/h5-6,9H,7-8,10H2,1-4H3;4-5,8,14H,6-7,9H2,1-3H3;4-9H,1-3H3;4-6H,7H2,1-3H3,(H,13,14);4-7H,1-3H3,(H,12,13);2*4-7H,1-3H3;4-6H,1-3H3,(H,11,12,13);4-7H,1-3H3. The van der Waals surface area contributed by atoms with Crippen LogP contribution >= 0.6 is 11.3 Å². The van der Waals surface area contributed by atoms with Crippen LogP contribution in [0.5, 0.6) is 0 Å². The number of thiazole rings is 1. The third-order valence-electron chi connectivity index (χ3n) is 22.1. The average Bonchev–Trinajstić information content (AvgIpc) is 1.79. The summed E-state index contributed by atoms with van der Waals surface area (Å²) in [5.41, 5.74) is 25.7. The molecule has 0 saturated carbocycles. The van der Waals surface area contributed by atoms with Gasteiger partial charge in [0.05, 0.1) is 39.7 Å². The molecule has 11 heterocycles. The van der Waals surface area contributed by atoms with Crippen molar-refractivity contribution in [2.75, 3.05) is 20.2 Å². The van der Waals surface area contributed by atoms with Crippen molar-refractivity contribution in [2.24, 2.45) is 0 Å². The van der Waals surface area contributed by atoms with E-state index in [2.05, 4.69) is 339 Å². The predicted octanol–water partition coefficient (Wildman–Crippen LogP) is 25.4. The van der Waals surface area contributed by atoms with Gasteiger partial charge in [-0.3, -0.25) is 20.0 Å². The molecule has 4 N–H and O–H groups in total. The number of nitrogens with one attached hydrogen (secondary N) is 4. The first-order chi connectivity index (χ1) is 58.4. The van der Waals surface area contributed by atoms with Gasteiger partial charge in [0.1, 0.15) is 0 Å². The fourth-order valence-electron chi connectivity index (χ4n) is 14.3. The van der Waals surface area contributed by atoms with Gasteiger partial charge in [0.15, 0.2) is 22.7 Å². The second-order valence-electron chi connectivity index (χ2n) is 41.9. The molecule has 2 amide bonds. The van der Waals surface area contributed by atoms with Crippen LogP contribution in [0, 0.1) is 0 Å². The number of fused-ring (bicyclic) bond motifs is 9. The van der Waals surface area contributed by atoms with E-state index in [0.29, 0.717) is 13.1 Å². The SMILES string of the molecule is CC(C)(C)c1[nH]nc2ccccc12.CC(C)(C)c1[nH]nc2ncccc12.CC(C)(C)c1ccc2c(c1)C(=O)NC2.CC(C)(C)c1ccc2c(c1)CCNC2.CC(C)(C)c1ccc2cnccc2c1.CC(C)(C)c1ccc2ncsc2c1.CC(C)(C)c1nc2ccccn2n1.CC(C)(C)c1noc2ccccc12.COC(=O)N1CCc2cc(C(C)(C)C)ccc2C1. The van der Waals surface area contributed by atoms with Crippen molar-refractivity contribution >= 4 is 82.9 Å². The van der Waals surface area contributed by atoms with E-state index in [0.717, 1.165) is 93.1 Å². The molecule has 660 valence electrons. The number of para-hydroxylation sites is 2. The molecule has 0 radical (unpaired) electrons. The summed E-state index contributed by atoms with van der Waals surface area (Å²) in [6.07, 6.45) is 9.28. The Labute approximate surface area is 746 Å². The number of aromatic amines is 2. The van der Waals surface area contributed by atoms with Crippen molar-refractivity contribution in [1.29, 1.82) is 0 Å². The Morgan fingerprint density at radius 1 is 0.472 bits per heavy atom. The topological polar surface area (TPSA) is 223 Å². The van der Waals surface area contributed by atoms with Crippen LogP contribution in [-0.2, 0) is 85.9 Å². The molecule has 0 fully saturated rings. The van der Waals surface area contributed by atoms with Gasteiger partial charge in [-0.2, -0.15) is 15.3 Å². The van der Waals surface area contributed by atoms with Crippen molar-refractivity contribution in [1.82, 2.24) is 70.6 Å². The fraction of sp³-hybridized carbons (Fsp3) is 0.415. The van der Waals surface area contributed by atoms with E-state index in [1.54, 1.807) is 26.9 Å². The Kier molecular flexibility index (Phi) is 30.3. The molecule has 0 unspecified atom stereocenters. The predicted molar refractivity (Wildman–Crippen MR) is 519 cm³/mol. The number of hydrogen-bond donors (Lipinski definition) is 4. The molecule has 7 aromatic carbocycles. The molecular formula is C106H136N14O4S. The summed E-state index contributed by atoms with van der Waals surface area (Å²) in [6.45, 7) is 63.4. The molecule has 0 atom stereocenters. The van der Waals surface area contributed by atoms with Crippen molar-refractivity contribution < 1.29 is 18.8 Å². The highest BCUT2D eigenvalue weighted by molar-refractivity contribution is 7.16. The summed E-state index contributed by atoms with van der Waals surface area (Å²) in [6, 6.07) is 60.9. The molecule has 18 nitrogen and oxygen atoms in total. The van der Waals surface area contributed by atoms with Crippen LogP contribution in [0.1, 0.15) is 276 Å². The van der Waals surface area contributed by atoms with Crippen LogP contribution in [0.2, 0.25) is 0 Å². The van der Waals surface area contributed by atoms with E-state index >= 15 is 0 Å². The number of carbonyl (C=O) groups is 2. The molecule has 8 aromatic heterocycles. The van der Waals surface area contributed by atoms with Crippen LogP contribution in [0.25, 0.3) is 59.5 Å². The Morgan fingerprint density at radius 3 is 1.66 bits per heavy atom. The summed E-state index contributed by atoms with van der Waals surface area (Å²) in [4.78, 5) is 41.7. The van der Waals surface area contributed by atoms with Gasteiger partial charge in [-0.1, -0.05) is 301 Å². The molecule has 15 aromatic rings. The first kappa shape index (κ1) is 95.9. The highest BCUT2D eigenvalue weighted by Gasteiger charge is 2.28. The van der Waals surface area contributed by atoms with E-state index < -0.39 is 0 Å². The third-order valence-corrected chi connectivity index (χ3v) is 22.9. The van der Waals surface area contributed by atoms with Gasteiger partial charge in [-0.25, -0.2) is 24.3 Å². The lowest BCUT2D eigenvalue weighted by atomic mass is 9.84. The lowest BCUT2D eigenvalue weighted by molar-refractivity contribution is 0.0965. The Bertz CT molecular complexity index is 5850. The van der Waals surface area contributed by atoms with Gasteiger partial charge in [0.2, 0.25) is 0 Å². The number of rotatable bonds is 0. The maximum Gasteiger partial charge on any atom is 0.409 e. The number of carbonyl (C=O) groups excluding carboxylic acids is 2. The molecular weight excluding hydrogens is 1570 g/mol. The van der Waals surface area contributed by atoms with Crippen molar-refractivity contribution in [3.63, 3.8) is 0 Å². The molecule has 18 rings (SSSR count).